The average molecular weight is 389 g/mol. The minimum absolute atomic E-state index is 0.0358. The quantitative estimate of drug-likeness (QED) is 0.618. The van der Waals surface area contributed by atoms with Gasteiger partial charge in [0.1, 0.15) is 17.3 Å². The Morgan fingerprint density at radius 1 is 1.19 bits per heavy atom. The van der Waals surface area contributed by atoms with Crippen LogP contribution in [0.5, 0.6) is 11.5 Å². The molecule has 0 bridgehead atoms. The molecule has 3 rings (SSSR count). The molecule has 1 N–H and O–H groups in total. The number of amides is 1. The van der Waals surface area contributed by atoms with Crippen molar-refractivity contribution < 1.29 is 23.1 Å². The highest BCUT2D eigenvalue weighted by Gasteiger charge is 2.15. The minimum Gasteiger partial charge on any atom is -0.497 e. The summed E-state index contributed by atoms with van der Waals surface area (Å²) in [5.41, 5.74) is 0.728. The van der Waals surface area contributed by atoms with Gasteiger partial charge < -0.3 is 19.2 Å². The van der Waals surface area contributed by atoms with Crippen LogP contribution in [0.15, 0.2) is 52.1 Å². The Balaban J connectivity index is 1.61. The van der Waals surface area contributed by atoms with Gasteiger partial charge in [-0.05, 0) is 24.3 Å². The highest BCUT2D eigenvalue weighted by Crippen LogP contribution is 2.29. The van der Waals surface area contributed by atoms with E-state index in [9.17, 15) is 9.18 Å². The molecule has 1 aromatic heterocycles. The van der Waals surface area contributed by atoms with Crippen molar-refractivity contribution in [2.24, 2.45) is 0 Å². The number of hydrogen-bond acceptors (Lipinski definition) is 7. The lowest BCUT2D eigenvalue weighted by Gasteiger charge is -2.11. The third-order valence-electron chi connectivity index (χ3n) is 3.52. The summed E-state index contributed by atoms with van der Waals surface area (Å²) in [6, 6.07) is 11.2. The van der Waals surface area contributed by atoms with E-state index in [0.29, 0.717) is 17.2 Å². The van der Waals surface area contributed by atoms with E-state index in [0.717, 1.165) is 11.8 Å². The number of thioether (sulfide) groups is 1. The molecule has 0 aliphatic rings. The molecule has 0 unspecified atom stereocenters. The largest absolute Gasteiger partial charge is 0.497 e. The van der Waals surface area contributed by atoms with Crippen LogP contribution >= 0.6 is 11.8 Å². The second-order valence-corrected chi connectivity index (χ2v) is 6.18. The van der Waals surface area contributed by atoms with Crippen molar-refractivity contribution in [2.45, 2.75) is 5.22 Å². The molecule has 1 amide bonds. The fourth-order valence-electron chi connectivity index (χ4n) is 2.23. The summed E-state index contributed by atoms with van der Waals surface area (Å²) >= 11 is 1.05. The van der Waals surface area contributed by atoms with Crippen molar-refractivity contribution in [3.63, 3.8) is 0 Å². The third-order valence-corrected chi connectivity index (χ3v) is 4.34. The summed E-state index contributed by atoms with van der Waals surface area (Å²) < 4.78 is 29.5. The van der Waals surface area contributed by atoms with E-state index in [4.69, 9.17) is 13.9 Å². The topological polar surface area (TPSA) is 86.5 Å². The fourth-order valence-corrected chi connectivity index (χ4v) is 2.79. The molecule has 3 aromatic rings. The Labute approximate surface area is 158 Å². The van der Waals surface area contributed by atoms with Crippen LogP contribution in [0.4, 0.5) is 10.1 Å². The van der Waals surface area contributed by atoms with Gasteiger partial charge in [-0.15, -0.1) is 10.2 Å². The van der Waals surface area contributed by atoms with E-state index in [1.807, 2.05) is 0 Å². The molecule has 0 saturated carbocycles. The van der Waals surface area contributed by atoms with E-state index in [-0.39, 0.29) is 28.3 Å². The lowest BCUT2D eigenvalue weighted by atomic mass is 10.2. The lowest BCUT2D eigenvalue weighted by Crippen LogP contribution is -2.14. The second-order valence-electron chi connectivity index (χ2n) is 5.26. The van der Waals surface area contributed by atoms with Gasteiger partial charge in [0.2, 0.25) is 5.91 Å². The van der Waals surface area contributed by atoms with Crippen LogP contribution in [0.1, 0.15) is 0 Å². The Hall–Kier alpha value is -3.07. The number of nitrogens with zero attached hydrogens (tertiary/aromatic N) is 2. The van der Waals surface area contributed by atoms with E-state index in [1.165, 1.54) is 13.2 Å². The molecule has 0 aliphatic carbocycles. The Bertz CT molecular complexity index is 948. The van der Waals surface area contributed by atoms with E-state index in [2.05, 4.69) is 15.5 Å². The van der Waals surface area contributed by atoms with E-state index >= 15 is 0 Å². The van der Waals surface area contributed by atoms with Gasteiger partial charge in [0.05, 0.1) is 31.2 Å². The first-order chi connectivity index (χ1) is 13.1. The zero-order chi connectivity index (χ0) is 19.2. The van der Waals surface area contributed by atoms with Crippen molar-refractivity contribution in [1.29, 1.82) is 0 Å². The number of rotatable bonds is 7. The number of ether oxygens (including phenoxy) is 2. The minimum atomic E-state index is -0.456. The number of aromatic nitrogens is 2. The third kappa shape index (κ3) is 4.56. The van der Waals surface area contributed by atoms with Gasteiger partial charge in [0, 0.05) is 6.07 Å². The number of halogens is 1. The molecular formula is C18H16FN3O4S. The summed E-state index contributed by atoms with van der Waals surface area (Å²) in [5.74, 6) is 0.454. The Morgan fingerprint density at radius 2 is 2.00 bits per heavy atom. The highest BCUT2D eigenvalue weighted by atomic mass is 32.2. The van der Waals surface area contributed by atoms with Gasteiger partial charge in [-0.2, -0.15) is 0 Å². The predicted octanol–water partition coefficient (Wildman–Crippen LogP) is 3.62. The van der Waals surface area contributed by atoms with Crippen molar-refractivity contribution in [1.82, 2.24) is 10.2 Å². The SMILES string of the molecule is COc1ccc(NC(=O)CSc2nnc(-c3ccccc3F)o2)c(OC)c1. The molecule has 0 fully saturated rings. The molecule has 140 valence electrons. The molecule has 0 saturated heterocycles. The van der Waals surface area contributed by atoms with Gasteiger partial charge in [-0.3, -0.25) is 4.79 Å². The normalized spacial score (nSPS) is 10.5. The maximum absolute atomic E-state index is 13.7. The van der Waals surface area contributed by atoms with Gasteiger partial charge in [-0.25, -0.2) is 4.39 Å². The fraction of sp³-hybridized carbons (Fsp3) is 0.167. The van der Waals surface area contributed by atoms with Gasteiger partial charge in [0.25, 0.3) is 11.1 Å². The van der Waals surface area contributed by atoms with Crippen LogP contribution < -0.4 is 14.8 Å². The van der Waals surface area contributed by atoms with Crippen molar-refractivity contribution >= 4 is 23.4 Å². The number of methoxy groups -OCH3 is 2. The molecule has 9 heteroatoms. The van der Waals surface area contributed by atoms with Crippen LogP contribution in [0, 0.1) is 5.82 Å². The highest BCUT2D eigenvalue weighted by molar-refractivity contribution is 7.99. The summed E-state index contributed by atoms with van der Waals surface area (Å²) in [5, 5.41) is 10.6. The number of benzene rings is 2. The number of carbonyl (C=O) groups is 1. The molecule has 7 nitrogen and oxygen atoms in total. The Morgan fingerprint density at radius 3 is 2.74 bits per heavy atom. The standard InChI is InChI=1S/C18H16FN3O4S/c1-24-11-7-8-14(15(9-11)25-2)20-16(23)10-27-18-22-21-17(26-18)12-5-3-4-6-13(12)19/h3-9H,10H2,1-2H3,(H,20,23). The van der Waals surface area contributed by atoms with Gasteiger partial charge >= 0.3 is 0 Å². The first-order valence-corrected chi connectivity index (χ1v) is 8.82. The Kier molecular flexibility index (Phi) is 5.92. The molecule has 0 aliphatic heterocycles. The average Bonchev–Trinajstić information content (AvgIpc) is 3.16. The van der Waals surface area contributed by atoms with Crippen molar-refractivity contribution in [3.8, 4) is 23.0 Å². The molecule has 1 heterocycles. The van der Waals surface area contributed by atoms with Crippen molar-refractivity contribution in [3.05, 3.63) is 48.3 Å². The van der Waals surface area contributed by atoms with Crippen LogP contribution in [0.2, 0.25) is 0 Å². The number of hydrogen-bond donors (Lipinski definition) is 1. The summed E-state index contributed by atoms with van der Waals surface area (Å²) in [4.78, 5) is 12.2. The van der Waals surface area contributed by atoms with Crippen molar-refractivity contribution in [2.75, 3.05) is 25.3 Å². The van der Waals surface area contributed by atoms with Crippen LogP contribution in [-0.2, 0) is 4.79 Å². The lowest BCUT2D eigenvalue weighted by molar-refractivity contribution is -0.113. The summed E-state index contributed by atoms with van der Waals surface area (Å²) in [6.07, 6.45) is 0. The first-order valence-electron chi connectivity index (χ1n) is 7.84. The maximum atomic E-state index is 13.7. The maximum Gasteiger partial charge on any atom is 0.277 e. The smallest absolute Gasteiger partial charge is 0.277 e. The predicted molar refractivity (Wildman–Crippen MR) is 98.6 cm³/mol. The molecule has 0 atom stereocenters. The zero-order valence-electron chi connectivity index (χ0n) is 14.6. The first kappa shape index (κ1) is 18.7. The van der Waals surface area contributed by atoms with Crippen LogP contribution in [0.3, 0.4) is 0 Å². The molecule has 0 spiro atoms. The van der Waals surface area contributed by atoms with E-state index in [1.54, 1.807) is 43.5 Å². The number of anilines is 1. The number of nitrogens with one attached hydrogen (secondary N) is 1. The molecule has 0 radical (unpaired) electrons. The zero-order valence-corrected chi connectivity index (χ0v) is 15.4. The van der Waals surface area contributed by atoms with Gasteiger partial charge in [0.15, 0.2) is 0 Å². The number of carbonyl (C=O) groups excluding carboxylic acids is 1. The van der Waals surface area contributed by atoms with E-state index < -0.39 is 5.82 Å². The summed E-state index contributed by atoms with van der Waals surface area (Å²) in [7, 11) is 3.05. The monoisotopic (exact) mass is 389 g/mol. The van der Waals surface area contributed by atoms with Crippen LogP contribution in [-0.4, -0.2) is 36.1 Å². The second kappa shape index (κ2) is 8.54. The molecule has 27 heavy (non-hydrogen) atoms. The summed E-state index contributed by atoms with van der Waals surface area (Å²) in [6.45, 7) is 0. The molecular weight excluding hydrogens is 373 g/mol. The molecule has 2 aromatic carbocycles. The van der Waals surface area contributed by atoms with Gasteiger partial charge in [-0.1, -0.05) is 23.9 Å². The van der Waals surface area contributed by atoms with Crippen LogP contribution in [0.25, 0.3) is 11.5 Å².